The second kappa shape index (κ2) is 10.2. The van der Waals surface area contributed by atoms with Crippen molar-refractivity contribution >= 4 is 5.57 Å². The van der Waals surface area contributed by atoms with E-state index in [1.165, 1.54) is 44.6 Å². The third-order valence-corrected chi connectivity index (χ3v) is 6.43. The Bertz CT molecular complexity index is 699. The molecular formula is C25H34F2O. The largest absolute Gasteiger partial charge is 0.491 e. The molecule has 1 aromatic rings. The maximum atomic E-state index is 14.4. The van der Waals surface area contributed by atoms with E-state index in [9.17, 15) is 8.78 Å². The molecule has 1 saturated carbocycles. The van der Waals surface area contributed by atoms with Crippen molar-refractivity contribution in [2.24, 2.45) is 17.8 Å². The molecule has 154 valence electrons. The van der Waals surface area contributed by atoms with Crippen molar-refractivity contribution in [1.29, 1.82) is 0 Å². The number of allylic oxidation sites excluding steroid dienone is 4. The second-order valence-electron chi connectivity index (χ2n) is 8.57. The summed E-state index contributed by atoms with van der Waals surface area (Å²) < 4.78 is 33.7. The molecule has 2 aliphatic rings. The minimum atomic E-state index is -0.876. The second-order valence-corrected chi connectivity index (χ2v) is 8.57. The van der Waals surface area contributed by atoms with E-state index in [-0.39, 0.29) is 5.75 Å². The monoisotopic (exact) mass is 388 g/mol. The summed E-state index contributed by atoms with van der Waals surface area (Å²) in [6, 6.07) is 3.19. The molecule has 0 saturated heterocycles. The molecule has 2 aliphatic carbocycles. The smallest absolute Gasteiger partial charge is 0.201 e. The summed E-state index contributed by atoms with van der Waals surface area (Å²) in [6.07, 6.45) is 17.5. The Kier molecular flexibility index (Phi) is 7.70. The lowest BCUT2D eigenvalue weighted by atomic mass is 9.81. The van der Waals surface area contributed by atoms with E-state index in [4.69, 9.17) is 4.74 Å². The van der Waals surface area contributed by atoms with Crippen LogP contribution in [0, 0.1) is 29.4 Å². The van der Waals surface area contributed by atoms with Gasteiger partial charge in [0.1, 0.15) is 0 Å². The molecule has 0 aromatic heterocycles. The van der Waals surface area contributed by atoms with Gasteiger partial charge in [0.2, 0.25) is 5.82 Å². The summed E-state index contributed by atoms with van der Waals surface area (Å²) in [7, 11) is 0. The number of hydrogen-bond donors (Lipinski definition) is 0. The summed E-state index contributed by atoms with van der Waals surface area (Å²) in [4.78, 5) is 0. The van der Waals surface area contributed by atoms with Crippen LogP contribution in [0.2, 0.25) is 0 Å². The van der Waals surface area contributed by atoms with Crippen LogP contribution in [0.25, 0.3) is 5.57 Å². The molecule has 28 heavy (non-hydrogen) atoms. The molecule has 1 nitrogen and oxygen atoms in total. The van der Waals surface area contributed by atoms with Gasteiger partial charge in [0.15, 0.2) is 11.6 Å². The lowest BCUT2D eigenvalue weighted by Crippen LogP contribution is -2.11. The molecule has 0 amide bonds. The Labute approximate surface area is 168 Å². The Hall–Kier alpha value is -1.64. The minimum Gasteiger partial charge on any atom is -0.491 e. The predicted molar refractivity (Wildman–Crippen MR) is 112 cm³/mol. The quantitative estimate of drug-likeness (QED) is 0.435. The highest BCUT2D eigenvalue weighted by atomic mass is 19.2. The number of ether oxygens (including phenoxy) is 1. The molecule has 3 rings (SSSR count). The molecule has 1 aromatic carbocycles. The highest BCUT2D eigenvalue weighted by Gasteiger charge is 2.20. The molecule has 0 N–H and O–H groups in total. The highest BCUT2D eigenvalue weighted by Crippen LogP contribution is 2.35. The van der Waals surface area contributed by atoms with Gasteiger partial charge in [-0.15, -0.1) is 0 Å². The summed E-state index contributed by atoms with van der Waals surface area (Å²) in [5.74, 6) is 0.687. The van der Waals surface area contributed by atoms with Crippen molar-refractivity contribution in [3.8, 4) is 5.75 Å². The Balaban J connectivity index is 1.49. The van der Waals surface area contributed by atoms with Crippen LogP contribution >= 0.6 is 0 Å². The van der Waals surface area contributed by atoms with Crippen LogP contribution in [0.15, 0.2) is 30.4 Å². The van der Waals surface area contributed by atoms with Crippen LogP contribution < -0.4 is 4.74 Å². The van der Waals surface area contributed by atoms with E-state index in [0.29, 0.717) is 18.1 Å². The van der Waals surface area contributed by atoms with Crippen molar-refractivity contribution in [1.82, 2.24) is 0 Å². The first-order valence-corrected chi connectivity index (χ1v) is 11.0. The number of rotatable bonds is 7. The topological polar surface area (TPSA) is 9.23 Å². The average Bonchev–Trinajstić information content (AvgIpc) is 2.71. The van der Waals surface area contributed by atoms with Crippen molar-refractivity contribution in [2.45, 2.75) is 71.6 Å². The molecule has 0 heterocycles. The fourth-order valence-electron chi connectivity index (χ4n) is 4.56. The van der Waals surface area contributed by atoms with Gasteiger partial charge < -0.3 is 4.74 Å². The van der Waals surface area contributed by atoms with Crippen molar-refractivity contribution in [3.05, 3.63) is 47.6 Å². The van der Waals surface area contributed by atoms with Crippen LogP contribution in [-0.4, -0.2) is 6.61 Å². The SMILES string of the molecule is CCOc1ccc(C2=CCC(/C=C/CCC3CCC(C)CC3)CC2)c(F)c1F. The standard InChI is InChI=1S/C25H34F2O/c1-3-28-23-17-16-22(24(26)25(23)27)21-14-12-20(13-15-21)7-5-4-6-19-10-8-18(2)9-11-19/h5,7,14,16-20H,3-4,6,8-13,15H2,1-2H3/b7-5+. The fourth-order valence-corrected chi connectivity index (χ4v) is 4.56. The van der Waals surface area contributed by atoms with Crippen molar-refractivity contribution < 1.29 is 13.5 Å². The molecule has 3 heteroatoms. The van der Waals surface area contributed by atoms with Crippen LogP contribution in [0.1, 0.15) is 77.2 Å². The van der Waals surface area contributed by atoms with Crippen LogP contribution in [0.4, 0.5) is 8.78 Å². The lowest BCUT2D eigenvalue weighted by molar-refractivity contribution is 0.279. The summed E-state index contributed by atoms with van der Waals surface area (Å²) in [5, 5.41) is 0. The Morgan fingerprint density at radius 2 is 1.86 bits per heavy atom. The molecule has 0 aliphatic heterocycles. The van der Waals surface area contributed by atoms with E-state index in [2.05, 4.69) is 25.2 Å². The third kappa shape index (κ3) is 5.46. The van der Waals surface area contributed by atoms with Gasteiger partial charge in [-0.1, -0.05) is 50.8 Å². The summed E-state index contributed by atoms with van der Waals surface area (Å²) >= 11 is 0. The first-order valence-electron chi connectivity index (χ1n) is 11.0. The van der Waals surface area contributed by atoms with Gasteiger partial charge in [-0.05, 0) is 74.5 Å². The van der Waals surface area contributed by atoms with Crippen molar-refractivity contribution in [3.63, 3.8) is 0 Å². The third-order valence-electron chi connectivity index (χ3n) is 6.43. The molecule has 0 bridgehead atoms. The highest BCUT2D eigenvalue weighted by molar-refractivity contribution is 5.67. The summed E-state index contributed by atoms with van der Waals surface area (Å²) in [6.45, 7) is 4.46. The van der Waals surface area contributed by atoms with E-state index in [1.54, 1.807) is 13.0 Å². The van der Waals surface area contributed by atoms with E-state index >= 15 is 0 Å². The first kappa shape index (κ1) is 21.1. The fraction of sp³-hybridized carbons (Fsp3) is 0.600. The van der Waals surface area contributed by atoms with Gasteiger partial charge >= 0.3 is 0 Å². The van der Waals surface area contributed by atoms with Crippen LogP contribution in [0.3, 0.4) is 0 Å². The zero-order valence-corrected chi connectivity index (χ0v) is 17.4. The van der Waals surface area contributed by atoms with E-state index in [0.717, 1.165) is 36.7 Å². The minimum absolute atomic E-state index is 0.00612. The molecule has 0 spiro atoms. The zero-order valence-electron chi connectivity index (χ0n) is 17.4. The van der Waals surface area contributed by atoms with Gasteiger partial charge in [0.25, 0.3) is 0 Å². The van der Waals surface area contributed by atoms with Crippen LogP contribution in [-0.2, 0) is 0 Å². The van der Waals surface area contributed by atoms with Gasteiger partial charge in [-0.3, -0.25) is 0 Å². The lowest BCUT2D eigenvalue weighted by Gasteiger charge is -2.25. The van der Waals surface area contributed by atoms with Gasteiger partial charge in [0.05, 0.1) is 6.61 Å². The first-order chi connectivity index (χ1) is 13.6. The molecular weight excluding hydrogens is 354 g/mol. The maximum absolute atomic E-state index is 14.4. The van der Waals surface area contributed by atoms with Gasteiger partial charge in [0, 0.05) is 5.56 Å². The maximum Gasteiger partial charge on any atom is 0.201 e. The number of halogens is 2. The van der Waals surface area contributed by atoms with Gasteiger partial charge in [-0.25, -0.2) is 4.39 Å². The molecule has 0 radical (unpaired) electrons. The Morgan fingerprint density at radius 3 is 2.54 bits per heavy atom. The number of hydrogen-bond acceptors (Lipinski definition) is 1. The van der Waals surface area contributed by atoms with E-state index in [1.807, 2.05) is 0 Å². The normalized spacial score (nSPS) is 25.7. The molecule has 1 atom stereocenters. The van der Waals surface area contributed by atoms with E-state index < -0.39 is 11.6 Å². The van der Waals surface area contributed by atoms with Crippen LogP contribution in [0.5, 0.6) is 5.75 Å². The molecule has 1 fully saturated rings. The zero-order chi connectivity index (χ0) is 19.9. The summed E-state index contributed by atoms with van der Waals surface area (Å²) in [5.41, 5.74) is 1.30. The predicted octanol–water partition coefficient (Wildman–Crippen LogP) is 7.71. The van der Waals surface area contributed by atoms with Crippen molar-refractivity contribution in [2.75, 3.05) is 6.61 Å². The molecule has 1 unspecified atom stereocenters. The van der Waals surface area contributed by atoms with Gasteiger partial charge in [-0.2, -0.15) is 4.39 Å². The average molecular weight is 389 g/mol. The Morgan fingerprint density at radius 1 is 1.07 bits per heavy atom. The number of benzene rings is 1.